The number of hydrogen-bond donors (Lipinski definition) is 2. The highest BCUT2D eigenvalue weighted by Crippen LogP contribution is 2.24. The SMILES string of the molecule is COCCNC(=O)NC(=O)CSc1nnc(CN2CCCCC2)n1-c1ccc(Cl)cc1. The number of hydrogen-bond acceptors (Lipinski definition) is 7. The number of nitrogens with zero attached hydrogens (tertiary/aromatic N) is 4. The van der Waals surface area contributed by atoms with Gasteiger partial charge < -0.3 is 10.1 Å². The van der Waals surface area contributed by atoms with Gasteiger partial charge in [-0.3, -0.25) is 19.6 Å². The maximum absolute atomic E-state index is 12.2. The van der Waals surface area contributed by atoms with Crippen molar-refractivity contribution in [2.45, 2.75) is 31.0 Å². The molecule has 9 nitrogen and oxygen atoms in total. The Labute approximate surface area is 190 Å². The van der Waals surface area contributed by atoms with E-state index in [0.717, 1.165) is 24.6 Å². The Bertz CT molecular complexity index is 870. The fraction of sp³-hybridized carbons (Fsp3) is 0.500. The topological polar surface area (TPSA) is 101 Å². The maximum Gasteiger partial charge on any atom is 0.321 e. The van der Waals surface area contributed by atoms with Gasteiger partial charge in [-0.2, -0.15) is 0 Å². The third-order valence-corrected chi connectivity index (χ3v) is 5.96. The van der Waals surface area contributed by atoms with Crippen LogP contribution in [0.25, 0.3) is 5.69 Å². The highest BCUT2D eigenvalue weighted by molar-refractivity contribution is 7.99. The lowest BCUT2D eigenvalue weighted by atomic mass is 10.1. The van der Waals surface area contributed by atoms with Crippen molar-refractivity contribution < 1.29 is 14.3 Å². The summed E-state index contributed by atoms with van der Waals surface area (Å²) in [6, 6.07) is 6.88. The Hall–Kier alpha value is -2.14. The molecule has 0 spiro atoms. The largest absolute Gasteiger partial charge is 0.383 e. The zero-order chi connectivity index (χ0) is 22.1. The molecule has 2 heterocycles. The zero-order valence-corrected chi connectivity index (χ0v) is 19.0. The number of halogens is 1. The van der Waals surface area contributed by atoms with Gasteiger partial charge in [-0.25, -0.2) is 4.79 Å². The third kappa shape index (κ3) is 7.20. The molecule has 1 aliphatic heterocycles. The average molecular weight is 467 g/mol. The molecule has 31 heavy (non-hydrogen) atoms. The predicted octanol–water partition coefficient (Wildman–Crippen LogP) is 2.47. The van der Waals surface area contributed by atoms with E-state index in [-0.39, 0.29) is 5.75 Å². The number of imide groups is 1. The number of rotatable bonds is 9. The summed E-state index contributed by atoms with van der Waals surface area (Å²) in [5.74, 6) is 0.431. The second-order valence-electron chi connectivity index (χ2n) is 7.13. The van der Waals surface area contributed by atoms with Crippen LogP contribution in [0.5, 0.6) is 0 Å². The van der Waals surface area contributed by atoms with E-state index in [4.69, 9.17) is 16.3 Å². The normalized spacial score (nSPS) is 14.4. The van der Waals surface area contributed by atoms with Crippen molar-refractivity contribution in [2.24, 2.45) is 0 Å². The number of nitrogens with one attached hydrogen (secondary N) is 2. The Morgan fingerprint density at radius 3 is 2.61 bits per heavy atom. The lowest BCUT2D eigenvalue weighted by Crippen LogP contribution is -2.41. The van der Waals surface area contributed by atoms with Gasteiger partial charge in [0.15, 0.2) is 11.0 Å². The van der Waals surface area contributed by atoms with Crippen LogP contribution in [-0.4, -0.2) is 70.7 Å². The van der Waals surface area contributed by atoms with Crippen LogP contribution < -0.4 is 10.6 Å². The van der Waals surface area contributed by atoms with Crippen molar-refractivity contribution >= 4 is 35.3 Å². The molecule has 1 fully saturated rings. The van der Waals surface area contributed by atoms with Crippen molar-refractivity contribution in [3.63, 3.8) is 0 Å². The van der Waals surface area contributed by atoms with Gasteiger partial charge in [-0.15, -0.1) is 10.2 Å². The Morgan fingerprint density at radius 2 is 1.90 bits per heavy atom. The molecule has 168 valence electrons. The van der Waals surface area contributed by atoms with Gasteiger partial charge >= 0.3 is 6.03 Å². The Morgan fingerprint density at radius 1 is 1.16 bits per heavy atom. The fourth-order valence-electron chi connectivity index (χ4n) is 3.27. The molecule has 1 aliphatic rings. The van der Waals surface area contributed by atoms with Crippen molar-refractivity contribution in [3.8, 4) is 5.69 Å². The van der Waals surface area contributed by atoms with Crippen LogP contribution >= 0.6 is 23.4 Å². The van der Waals surface area contributed by atoms with Crippen LogP contribution in [0.2, 0.25) is 5.02 Å². The van der Waals surface area contributed by atoms with Crippen LogP contribution in [0.15, 0.2) is 29.4 Å². The lowest BCUT2D eigenvalue weighted by Gasteiger charge is -2.26. The first-order valence-electron chi connectivity index (χ1n) is 10.2. The molecule has 0 saturated carbocycles. The molecule has 0 unspecified atom stereocenters. The van der Waals surface area contributed by atoms with E-state index in [2.05, 4.69) is 25.7 Å². The first-order valence-corrected chi connectivity index (χ1v) is 11.5. The Kier molecular flexibility index (Phi) is 9.13. The molecule has 11 heteroatoms. The summed E-state index contributed by atoms with van der Waals surface area (Å²) in [5.41, 5.74) is 0.877. The highest BCUT2D eigenvalue weighted by Gasteiger charge is 2.20. The molecule has 2 N–H and O–H groups in total. The number of thioether (sulfide) groups is 1. The number of urea groups is 1. The summed E-state index contributed by atoms with van der Waals surface area (Å²) < 4.78 is 6.81. The van der Waals surface area contributed by atoms with Crippen LogP contribution in [0.4, 0.5) is 4.79 Å². The van der Waals surface area contributed by atoms with E-state index in [9.17, 15) is 9.59 Å². The summed E-state index contributed by atoms with van der Waals surface area (Å²) in [6.07, 6.45) is 3.63. The van der Waals surface area contributed by atoms with Crippen LogP contribution in [0.3, 0.4) is 0 Å². The van der Waals surface area contributed by atoms with E-state index in [1.54, 1.807) is 0 Å². The summed E-state index contributed by atoms with van der Waals surface area (Å²) in [5, 5.41) is 14.8. The van der Waals surface area contributed by atoms with Gasteiger partial charge in [-0.1, -0.05) is 29.8 Å². The monoisotopic (exact) mass is 466 g/mol. The van der Waals surface area contributed by atoms with Crippen molar-refractivity contribution in [1.29, 1.82) is 0 Å². The molecule has 0 atom stereocenters. The molecule has 0 radical (unpaired) electrons. The van der Waals surface area contributed by atoms with E-state index >= 15 is 0 Å². The van der Waals surface area contributed by atoms with Crippen LogP contribution in [0.1, 0.15) is 25.1 Å². The number of aromatic nitrogens is 3. The average Bonchev–Trinajstić information content (AvgIpc) is 3.16. The van der Waals surface area contributed by atoms with Gasteiger partial charge in [0.05, 0.1) is 18.9 Å². The van der Waals surface area contributed by atoms with E-state index in [0.29, 0.717) is 29.9 Å². The molecule has 1 aromatic heterocycles. The van der Waals surface area contributed by atoms with Crippen molar-refractivity contribution in [3.05, 3.63) is 35.1 Å². The van der Waals surface area contributed by atoms with Gasteiger partial charge in [0, 0.05) is 24.4 Å². The maximum atomic E-state index is 12.2. The molecule has 0 aliphatic carbocycles. The summed E-state index contributed by atoms with van der Waals surface area (Å²) >= 11 is 7.28. The molecule has 0 bridgehead atoms. The highest BCUT2D eigenvalue weighted by atomic mass is 35.5. The zero-order valence-electron chi connectivity index (χ0n) is 17.5. The van der Waals surface area contributed by atoms with Crippen LogP contribution in [0, 0.1) is 0 Å². The molecular formula is C20H27ClN6O3S. The molecule has 3 rings (SSSR count). The second kappa shape index (κ2) is 12.0. The minimum absolute atomic E-state index is 0.0349. The minimum Gasteiger partial charge on any atom is -0.383 e. The summed E-state index contributed by atoms with van der Waals surface area (Å²) in [7, 11) is 1.54. The number of likely N-dealkylation sites (tertiary alicyclic amines) is 1. The van der Waals surface area contributed by atoms with E-state index in [1.807, 2.05) is 28.8 Å². The van der Waals surface area contributed by atoms with Gasteiger partial charge in [-0.05, 0) is 50.2 Å². The number of piperidine rings is 1. The Balaban J connectivity index is 1.68. The number of methoxy groups -OCH3 is 1. The number of carbonyl (C=O) groups is 2. The molecule has 3 amide bonds. The molecule has 1 saturated heterocycles. The van der Waals surface area contributed by atoms with Gasteiger partial charge in [0.25, 0.3) is 0 Å². The standard InChI is InChI=1S/C20H27ClN6O3S/c1-30-12-9-22-19(29)23-18(28)14-31-20-25-24-17(13-26-10-3-2-4-11-26)27(20)16-7-5-15(21)6-8-16/h5-8H,2-4,9-14H2,1H3,(H2,22,23,28,29). The molecular weight excluding hydrogens is 440 g/mol. The second-order valence-corrected chi connectivity index (χ2v) is 8.51. The smallest absolute Gasteiger partial charge is 0.321 e. The van der Waals surface area contributed by atoms with Crippen molar-refractivity contribution in [1.82, 2.24) is 30.3 Å². The molecule has 2 aromatic rings. The van der Waals surface area contributed by atoms with Crippen LogP contribution in [-0.2, 0) is 16.1 Å². The number of amides is 3. The summed E-state index contributed by atoms with van der Waals surface area (Å²) in [4.78, 5) is 26.3. The first kappa shape index (κ1) is 23.5. The minimum atomic E-state index is -0.549. The van der Waals surface area contributed by atoms with Gasteiger partial charge in [0.2, 0.25) is 5.91 Å². The third-order valence-electron chi connectivity index (χ3n) is 4.78. The summed E-state index contributed by atoms with van der Waals surface area (Å²) in [6.45, 7) is 3.46. The van der Waals surface area contributed by atoms with Crippen molar-refractivity contribution in [2.75, 3.05) is 39.1 Å². The van der Waals surface area contributed by atoms with Gasteiger partial charge in [0.1, 0.15) is 0 Å². The predicted molar refractivity (Wildman–Crippen MR) is 120 cm³/mol. The first-order chi connectivity index (χ1) is 15.1. The fourth-order valence-corrected chi connectivity index (χ4v) is 4.16. The number of benzene rings is 1. The van der Waals surface area contributed by atoms with E-state index < -0.39 is 11.9 Å². The number of carbonyl (C=O) groups excluding carboxylic acids is 2. The quantitative estimate of drug-likeness (QED) is 0.432. The lowest BCUT2D eigenvalue weighted by molar-refractivity contribution is -0.117. The molecule has 1 aromatic carbocycles. The number of ether oxygens (including phenoxy) is 1. The van der Waals surface area contributed by atoms with E-state index in [1.165, 1.54) is 38.1 Å².